The molecule has 35 heavy (non-hydrogen) atoms. The highest BCUT2D eigenvalue weighted by atomic mass is 16.5. The van der Waals surface area contributed by atoms with Crippen LogP contribution in [0, 0.1) is 5.92 Å². The molecule has 0 radical (unpaired) electrons. The highest BCUT2D eigenvalue weighted by Crippen LogP contribution is 2.39. The number of hydrogen-bond acceptors (Lipinski definition) is 8. The van der Waals surface area contributed by atoms with Crippen LogP contribution in [0.1, 0.15) is 41.0 Å². The normalized spacial score (nSPS) is 13.4. The number of benzene rings is 2. The molecule has 1 heterocycles. The van der Waals surface area contributed by atoms with E-state index >= 15 is 0 Å². The number of imide groups is 1. The van der Waals surface area contributed by atoms with Crippen LogP contribution in [-0.2, 0) is 14.3 Å². The molecule has 10 nitrogen and oxygen atoms in total. The Morgan fingerprint density at radius 1 is 0.914 bits per heavy atom. The van der Waals surface area contributed by atoms with E-state index in [1.807, 2.05) is 13.8 Å². The summed E-state index contributed by atoms with van der Waals surface area (Å²) < 4.78 is 21.0. The topological polar surface area (TPSA) is 120 Å². The third-order valence-electron chi connectivity index (χ3n) is 5.40. The predicted molar refractivity (Wildman–Crippen MR) is 126 cm³/mol. The molecule has 186 valence electrons. The molecule has 3 amide bonds. The number of ether oxygens (including phenoxy) is 4. The highest BCUT2D eigenvalue weighted by molar-refractivity contribution is 6.22. The summed E-state index contributed by atoms with van der Waals surface area (Å²) in [6, 6.07) is 8.28. The van der Waals surface area contributed by atoms with Gasteiger partial charge in [0.05, 0.1) is 32.5 Å². The molecule has 3 rings (SSSR count). The van der Waals surface area contributed by atoms with Gasteiger partial charge in [0.2, 0.25) is 5.75 Å². The zero-order chi connectivity index (χ0) is 25.7. The minimum Gasteiger partial charge on any atom is -0.493 e. The minimum atomic E-state index is -1.16. The number of rotatable bonds is 10. The summed E-state index contributed by atoms with van der Waals surface area (Å²) in [5, 5.41) is 2.60. The third-order valence-corrected chi connectivity index (χ3v) is 5.40. The zero-order valence-electron chi connectivity index (χ0n) is 20.2. The summed E-state index contributed by atoms with van der Waals surface area (Å²) >= 11 is 0. The van der Waals surface area contributed by atoms with Gasteiger partial charge < -0.3 is 24.3 Å². The first kappa shape index (κ1) is 25.5. The first-order valence-electron chi connectivity index (χ1n) is 10.9. The van der Waals surface area contributed by atoms with E-state index in [9.17, 15) is 19.2 Å². The van der Waals surface area contributed by atoms with Crippen molar-refractivity contribution in [1.29, 1.82) is 0 Å². The van der Waals surface area contributed by atoms with Gasteiger partial charge in [-0.05, 0) is 24.5 Å². The Bertz CT molecular complexity index is 1080. The molecule has 1 aliphatic rings. The van der Waals surface area contributed by atoms with E-state index in [2.05, 4.69) is 5.32 Å². The van der Waals surface area contributed by atoms with Crippen LogP contribution < -0.4 is 19.5 Å². The zero-order valence-corrected chi connectivity index (χ0v) is 20.2. The van der Waals surface area contributed by atoms with E-state index in [1.54, 1.807) is 12.1 Å². The molecule has 2 aromatic carbocycles. The number of fused-ring (bicyclic) bond motifs is 1. The molecule has 0 saturated carbocycles. The fourth-order valence-electron chi connectivity index (χ4n) is 3.83. The second-order valence-electron chi connectivity index (χ2n) is 8.24. The van der Waals surface area contributed by atoms with E-state index in [4.69, 9.17) is 18.9 Å². The standard InChI is InChI=1S/C25H28N2O8/c1-14(2)10-18(27-23(29)16-8-6-7-9-17(16)24(27)30)25(31)35-13-21(28)26-15-11-19(32-3)22(34-5)20(12-15)33-4/h6-9,11-12,14,18H,10,13H2,1-5H3,(H,26,28). The lowest BCUT2D eigenvalue weighted by Gasteiger charge is -2.25. The monoisotopic (exact) mass is 484 g/mol. The number of esters is 1. The average Bonchev–Trinajstić information content (AvgIpc) is 3.10. The number of anilines is 1. The molecule has 2 aromatic rings. The molecular formula is C25H28N2O8. The molecule has 1 N–H and O–H groups in total. The van der Waals surface area contributed by atoms with E-state index in [-0.39, 0.29) is 23.5 Å². The number of carbonyl (C=O) groups is 4. The first-order valence-corrected chi connectivity index (χ1v) is 10.9. The fourth-order valence-corrected chi connectivity index (χ4v) is 3.83. The summed E-state index contributed by atoms with van der Waals surface area (Å²) in [4.78, 5) is 52.1. The molecule has 0 aromatic heterocycles. The van der Waals surface area contributed by atoms with Crippen LogP contribution in [0.4, 0.5) is 5.69 Å². The predicted octanol–water partition coefficient (Wildman–Crippen LogP) is 2.91. The van der Waals surface area contributed by atoms with Crippen molar-refractivity contribution in [3.05, 3.63) is 47.5 Å². The van der Waals surface area contributed by atoms with Crippen LogP contribution in [-0.4, -0.2) is 62.6 Å². The van der Waals surface area contributed by atoms with Crippen molar-refractivity contribution in [2.75, 3.05) is 33.3 Å². The number of methoxy groups -OCH3 is 3. The van der Waals surface area contributed by atoms with Gasteiger partial charge in [-0.2, -0.15) is 0 Å². The Morgan fingerprint density at radius 3 is 1.91 bits per heavy atom. The van der Waals surface area contributed by atoms with Gasteiger partial charge in [0.1, 0.15) is 6.04 Å². The Kier molecular flexibility index (Phi) is 7.95. The lowest BCUT2D eigenvalue weighted by atomic mass is 10.0. The lowest BCUT2D eigenvalue weighted by Crippen LogP contribution is -2.46. The Labute approximate surface area is 203 Å². The van der Waals surface area contributed by atoms with Crippen LogP contribution in [0.5, 0.6) is 17.2 Å². The van der Waals surface area contributed by atoms with Gasteiger partial charge in [-0.25, -0.2) is 4.79 Å². The number of nitrogens with one attached hydrogen (secondary N) is 1. The molecule has 0 aliphatic carbocycles. The quantitative estimate of drug-likeness (QED) is 0.404. The number of amides is 3. The fraction of sp³-hybridized carbons (Fsp3) is 0.360. The maximum Gasteiger partial charge on any atom is 0.329 e. The van der Waals surface area contributed by atoms with Gasteiger partial charge in [0, 0.05) is 17.8 Å². The van der Waals surface area contributed by atoms with E-state index in [1.165, 1.54) is 45.6 Å². The van der Waals surface area contributed by atoms with Crippen LogP contribution in [0.15, 0.2) is 36.4 Å². The van der Waals surface area contributed by atoms with Crippen molar-refractivity contribution in [2.24, 2.45) is 5.92 Å². The van der Waals surface area contributed by atoms with Crippen LogP contribution in [0.3, 0.4) is 0 Å². The molecule has 10 heteroatoms. The summed E-state index contributed by atoms with van der Waals surface area (Å²) in [6.45, 7) is 3.10. The molecule has 0 spiro atoms. The Hall–Kier alpha value is -4.08. The number of hydrogen-bond donors (Lipinski definition) is 1. The summed E-state index contributed by atoms with van der Waals surface area (Å²) in [5.74, 6) is -1.58. The van der Waals surface area contributed by atoms with E-state index in [0.29, 0.717) is 22.9 Å². The number of carbonyl (C=O) groups excluding carboxylic acids is 4. The molecule has 0 fully saturated rings. The second kappa shape index (κ2) is 10.9. The summed E-state index contributed by atoms with van der Waals surface area (Å²) in [7, 11) is 4.34. The van der Waals surface area contributed by atoms with Gasteiger partial charge >= 0.3 is 5.97 Å². The smallest absolute Gasteiger partial charge is 0.329 e. The minimum absolute atomic E-state index is 0.0232. The first-order chi connectivity index (χ1) is 16.7. The van der Waals surface area contributed by atoms with E-state index < -0.39 is 36.3 Å². The lowest BCUT2D eigenvalue weighted by molar-refractivity contribution is -0.151. The van der Waals surface area contributed by atoms with Gasteiger partial charge in [0.25, 0.3) is 17.7 Å². The third kappa shape index (κ3) is 5.37. The van der Waals surface area contributed by atoms with Crippen molar-refractivity contribution in [1.82, 2.24) is 4.90 Å². The SMILES string of the molecule is COc1cc(NC(=O)COC(=O)C(CC(C)C)N2C(=O)c3ccccc3C2=O)cc(OC)c1OC. The molecule has 1 atom stereocenters. The van der Waals surface area contributed by atoms with Crippen LogP contribution in [0.25, 0.3) is 0 Å². The van der Waals surface area contributed by atoms with Gasteiger partial charge in [0.15, 0.2) is 18.1 Å². The Morgan fingerprint density at radius 2 is 1.46 bits per heavy atom. The van der Waals surface area contributed by atoms with Crippen molar-refractivity contribution < 1.29 is 38.1 Å². The van der Waals surface area contributed by atoms with Crippen molar-refractivity contribution in [3.8, 4) is 17.2 Å². The maximum absolute atomic E-state index is 12.9. The number of nitrogens with zero attached hydrogens (tertiary/aromatic N) is 1. The molecule has 1 unspecified atom stereocenters. The molecular weight excluding hydrogens is 456 g/mol. The highest BCUT2D eigenvalue weighted by Gasteiger charge is 2.43. The maximum atomic E-state index is 12.9. The van der Waals surface area contributed by atoms with Crippen molar-refractivity contribution in [2.45, 2.75) is 26.3 Å². The van der Waals surface area contributed by atoms with Gasteiger partial charge in [-0.15, -0.1) is 0 Å². The van der Waals surface area contributed by atoms with Crippen LogP contribution in [0.2, 0.25) is 0 Å². The summed E-state index contributed by atoms with van der Waals surface area (Å²) in [6.07, 6.45) is 0.193. The average molecular weight is 485 g/mol. The Balaban J connectivity index is 1.71. The largest absolute Gasteiger partial charge is 0.493 e. The van der Waals surface area contributed by atoms with E-state index in [0.717, 1.165) is 4.90 Å². The van der Waals surface area contributed by atoms with Crippen molar-refractivity contribution in [3.63, 3.8) is 0 Å². The van der Waals surface area contributed by atoms with Gasteiger partial charge in [-0.1, -0.05) is 26.0 Å². The molecule has 1 aliphatic heterocycles. The second-order valence-corrected chi connectivity index (χ2v) is 8.24. The molecule has 0 bridgehead atoms. The van der Waals surface area contributed by atoms with Crippen LogP contribution >= 0.6 is 0 Å². The summed E-state index contributed by atoms with van der Waals surface area (Å²) in [5.41, 5.74) is 0.804. The van der Waals surface area contributed by atoms with Gasteiger partial charge in [-0.3, -0.25) is 19.3 Å². The molecule has 0 saturated heterocycles. The van der Waals surface area contributed by atoms with Crippen molar-refractivity contribution >= 4 is 29.4 Å².